The number of hydrogen-bond donors (Lipinski definition) is 1. The smallest absolute Gasteiger partial charge is 0.341 e. The van der Waals surface area contributed by atoms with Gasteiger partial charge in [-0.05, 0) is 49.9 Å². The van der Waals surface area contributed by atoms with Crippen LogP contribution in [-0.2, 0) is 43.5 Å². The molecule has 9 nitrogen and oxygen atoms in total. The molecule has 2 heterocycles. The van der Waals surface area contributed by atoms with Crippen LogP contribution in [0.15, 0.2) is 35.8 Å². The van der Waals surface area contributed by atoms with Crippen LogP contribution in [0.1, 0.15) is 34.1 Å². The second-order valence-corrected chi connectivity index (χ2v) is 12.4. The minimum absolute atomic E-state index is 0.165. The summed E-state index contributed by atoms with van der Waals surface area (Å²) in [6, 6.07) is 4.12. The lowest BCUT2D eigenvalue weighted by Gasteiger charge is -2.08. The summed E-state index contributed by atoms with van der Waals surface area (Å²) in [5.74, 6) is -4.78. The van der Waals surface area contributed by atoms with E-state index in [0.717, 1.165) is 34.6 Å². The number of aryl methyl sites for hydroxylation is 1. The first kappa shape index (κ1) is 26.9. The maximum atomic E-state index is 13.6. The number of thiophene rings is 1. The third kappa shape index (κ3) is 6.05. The van der Waals surface area contributed by atoms with Crippen LogP contribution < -0.4 is 10.1 Å². The van der Waals surface area contributed by atoms with E-state index in [0.29, 0.717) is 16.6 Å². The molecular formula is C24H24FN3O6S3. The molecule has 1 aliphatic rings. The molecule has 0 spiro atoms. The number of hydrogen-bond acceptors (Lipinski definition) is 8. The SMILES string of the molecule is C=CCn1c(=NC(=O)CS(=O)(=O)CC(=O)Nc2sc3c(c2C(=O)OCC)CCC3)sc2cc(F)ccc21. The number of carbonyl (C=O) groups is 3. The molecule has 2 amide bonds. The zero-order valence-electron chi connectivity index (χ0n) is 19.9. The summed E-state index contributed by atoms with van der Waals surface area (Å²) in [7, 11) is -4.17. The molecule has 0 radical (unpaired) electrons. The summed E-state index contributed by atoms with van der Waals surface area (Å²) >= 11 is 2.27. The molecule has 0 saturated carbocycles. The number of benzene rings is 1. The maximum Gasteiger partial charge on any atom is 0.341 e. The van der Waals surface area contributed by atoms with Crippen LogP contribution in [0.25, 0.3) is 10.2 Å². The number of ether oxygens (including phenoxy) is 1. The van der Waals surface area contributed by atoms with Crippen molar-refractivity contribution in [2.24, 2.45) is 4.99 Å². The van der Waals surface area contributed by atoms with Crippen LogP contribution >= 0.6 is 22.7 Å². The van der Waals surface area contributed by atoms with E-state index in [1.54, 1.807) is 23.6 Å². The number of esters is 1. The van der Waals surface area contributed by atoms with Crippen LogP contribution in [-0.4, -0.2) is 48.9 Å². The number of rotatable bonds is 9. The standard InChI is InChI=1S/C24H24FN3O6S3/c1-3-10-28-16-9-8-14(25)11-18(16)36-24(28)27-20(30)13-37(32,33)12-19(29)26-22-21(23(31)34-4-2)15-6-5-7-17(15)35-22/h3,8-9,11H,1,4-7,10,12-13H2,2H3,(H,26,29). The van der Waals surface area contributed by atoms with E-state index in [9.17, 15) is 27.2 Å². The Morgan fingerprint density at radius 1 is 1.24 bits per heavy atom. The van der Waals surface area contributed by atoms with E-state index in [1.807, 2.05) is 0 Å². The van der Waals surface area contributed by atoms with Crippen LogP contribution in [0.5, 0.6) is 0 Å². The van der Waals surface area contributed by atoms with Crippen molar-refractivity contribution in [1.82, 2.24) is 4.57 Å². The van der Waals surface area contributed by atoms with E-state index in [4.69, 9.17) is 4.74 Å². The number of fused-ring (bicyclic) bond motifs is 2. The molecule has 1 N–H and O–H groups in total. The van der Waals surface area contributed by atoms with Gasteiger partial charge in [-0.1, -0.05) is 17.4 Å². The van der Waals surface area contributed by atoms with Gasteiger partial charge >= 0.3 is 5.97 Å². The summed E-state index contributed by atoms with van der Waals surface area (Å²) in [6.07, 6.45) is 3.92. The Morgan fingerprint density at radius 2 is 2.03 bits per heavy atom. The molecule has 3 aromatic rings. The lowest BCUT2D eigenvalue weighted by Crippen LogP contribution is -2.28. The number of thiazole rings is 1. The normalized spacial score (nSPS) is 13.5. The number of nitrogens with one attached hydrogen (secondary N) is 1. The van der Waals surface area contributed by atoms with Gasteiger partial charge in [-0.25, -0.2) is 17.6 Å². The molecule has 4 rings (SSSR count). The fourth-order valence-electron chi connectivity index (χ4n) is 4.09. The van der Waals surface area contributed by atoms with Gasteiger partial charge in [-0.3, -0.25) is 9.59 Å². The van der Waals surface area contributed by atoms with Gasteiger partial charge in [0.25, 0.3) is 5.91 Å². The summed E-state index contributed by atoms with van der Waals surface area (Å²) in [5.41, 5.74) is 1.72. The van der Waals surface area contributed by atoms with E-state index in [1.165, 1.54) is 23.5 Å². The average Bonchev–Trinajstić information content (AvgIpc) is 3.46. The topological polar surface area (TPSA) is 124 Å². The molecule has 0 saturated heterocycles. The molecule has 2 aromatic heterocycles. The second kappa shape index (κ2) is 11.1. The second-order valence-electron chi connectivity index (χ2n) is 8.26. The lowest BCUT2D eigenvalue weighted by molar-refractivity contribution is -0.115. The summed E-state index contributed by atoms with van der Waals surface area (Å²) in [5, 5.41) is 2.77. The molecule has 1 aromatic carbocycles. The van der Waals surface area contributed by atoms with Gasteiger partial charge < -0.3 is 14.6 Å². The Bertz CT molecular complexity index is 1580. The Hall–Kier alpha value is -3.16. The fourth-order valence-corrected chi connectivity index (χ4v) is 7.48. The van der Waals surface area contributed by atoms with Crippen LogP contribution in [0, 0.1) is 5.82 Å². The molecule has 0 bridgehead atoms. The van der Waals surface area contributed by atoms with Crippen molar-refractivity contribution in [3.8, 4) is 0 Å². The largest absolute Gasteiger partial charge is 0.462 e. The molecule has 13 heteroatoms. The minimum Gasteiger partial charge on any atom is -0.462 e. The molecule has 37 heavy (non-hydrogen) atoms. The molecule has 1 aliphatic carbocycles. The first-order valence-electron chi connectivity index (χ1n) is 11.4. The number of aromatic nitrogens is 1. The third-order valence-corrected chi connectivity index (χ3v) is 9.16. The Morgan fingerprint density at radius 3 is 2.76 bits per heavy atom. The predicted octanol–water partition coefficient (Wildman–Crippen LogP) is 3.24. The number of allylic oxidation sites excluding steroid dienone is 1. The van der Waals surface area contributed by atoms with Crippen LogP contribution in [0.4, 0.5) is 9.39 Å². The van der Waals surface area contributed by atoms with Gasteiger partial charge in [0, 0.05) is 11.4 Å². The highest BCUT2D eigenvalue weighted by molar-refractivity contribution is 7.92. The van der Waals surface area contributed by atoms with Crippen LogP contribution in [0.2, 0.25) is 0 Å². The van der Waals surface area contributed by atoms with Crippen molar-refractivity contribution in [3.63, 3.8) is 0 Å². The third-order valence-electron chi connectivity index (χ3n) is 5.53. The molecular weight excluding hydrogens is 541 g/mol. The Labute approximate surface area is 220 Å². The lowest BCUT2D eigenvalue weighted by atomic mass is 10.1. The fraction of sp³-hybridized carbons (Fsp3) is 0.333. The van der Waals surface area contributed by atoms with Crippen molar-refractivity contribution >= 4 is 65.5 Å². The zero-order chi connectivity index (χ0) is 26.7. The van der Waals surface area contributed by atoms with Crippen molar-refractivity contribution in [2.75, 3.05) is 23.4 Å². The van der Waals surface area contributed by atoms with Crippen molar-refractivity contribution < 1.29 is 31.9 Å². The van der Waals surface area contributed by atoms with Crippen molar-refractivity contribution in [3.05, 3.63) is 57.5 Å². The average molecular weight is 566 g/mol. The highest BCUT2D eigenvalue weighted by Gasteiger charge is 2.29. The van der Waals surface area contributed by atoms with E-state index in [-0.39, 0.29) is 28.5 Å². The number of anilines is 1. The highest BCUT2D eigenvalue weighted by atomic mass is 32.2. The van der Waals surface area contributed by atoms with Gasteiger partial charge in [-0.2, -0.15) is 4.99 Å². The maximum absolute atomic E-state index is 13.6. The Balaban J connectivity index is 1.50. The minimum atomic E-state index is -4.17. The molecule has 0 aliphatic heterocycles. The summed E-state index contributed by atoms with van der Waals surface area (Å²) in [4.78, 5) is 42.7. The van der Waals surface area contributed by atoms with Crippen molar-refractivity contribution in [1.29, 1.82) is 0 Å². The first-order valence-corrected chi connectivity index (χ1v) is 14.9. The van der Waals surface area contributed by atoms with E-state index < -0.39 is 44.9 Å². The van der Waals surface area contributed by atoms with Gasteiger partial charge in [0.15, 0.2) is 14.6 Å². The van der Waals surface area contributed by atoms with Gasteiger partial charge in [0.05, 0.1) is 22.4 Å². The number of amides is 2. The molecule has 0 fully saturated rings. The van der Waals surface area contributed by atoms with Crippen LogP contribution in [0.3, 0.4) is 0 Å². The van der Waals surface area contributed by atoms with Crippen molar-refractivity contribution in [2.45, 2.75) is 32.7 Å². The predicted molar refractivity (Wildman–Crippen MR) is 140 cm³/mol. The highest BCUT2D eigenvalue weighted by Crippen LogP contribution is 2.39. The molecule has 196 valence electrons. The van der Waals surface area contributed by atoms with Gasteiger partial charge in [0.1, 0.15) is 22.3 Å². The first-order chi connectivity index (χ1) is 17.6. The number of halogens is 1. The number of carbonyl (C=O) groups excluding carboxylic acids is 3. The quantitative estimate of drug-likeness (QED) is 0.314. The summed E-state index contributed by atoms with van der Waals surface area (Å²) < 4.78 is 46.1. The zero-order valence-corrected chi connectivity index (χ0v) is 22.4. The van der Waals surface area contributed by atoms with E-state index >= 15 is 0 Å². The van der Waals surface area contributed by atoms with E-state index in [2.05, 4.69) is 16.9 Å². The number of sulfone groups is 1. The Kier molecular flexibility index (Phi) is 8.05. The monoisotopic (exact) mass is 565 g/mol. The molecule has 0 atom stereocenters. The molecule has 0 unspecified atom stereocenters. The van der Waals surface area contributed by atoms with Gasteiger partial charge in [0.2, 0.25) is 5.91 Å². The van der Waals surface area contributed by atoms with Gasteiger partial charge in [-0.15, -0.1) is 17.9 Å². The number of nitrogens with zero attached hydrogens (tertiary/aromatic N) is 2. The summed E-state index contributed by atoms with van der Waals surface area (Å²) in [6.45, 7) is 5.78.